The number of carbonyl (C=O) groups is 1. The van der Waals surface area contributed by atoms with Crippen molar-refractivity contribution in [2.24, 2.45) is 0 Å². The standard InChI is InChI=1S/C26H48O12/c1-4-5-6-7-8-9-10-11-12-15(2)35-26-24(22(32)19(29)17(13-27)36-26)38-25-23(33)21(31)20(30)18(37-25)14-34-16(3)28/h15,17-27,29-33H,4-14H2,1-3H3/t15-,17+,18+,19+,20+,21-,22-,23+,24+,25-,26+/m0/s1. The van der Waals surface area contributed by atoms with Crippen LogP contribution >= 0.6 is 0 Å². The summed E-state index contributed by atoms with van der Waals surface area (Å²) in [4.78, 5) is 11.2. The van der Waals surface area contributed by atoms with E-state index in [0.717, 1.165) is 19.3 Å². The molecular weight excluding hydrogens is 504 g/mol. The maximum atomic E-state index is 11.2. The molecule has 6 N–H and O–H groups in total. The van der Waals surface area contributed by atoms with Crippen LogP contribution in [-0.4, -0.2) is 117 Å². The highest BCUT2D eigenvalue weighted by molar-refractivity contribution is 5.65. The number of aliphatic hydroxyl groups excluding tert-OH is 6. The zero-order valence-electron chi connectivity index (χ0n) is 22.8. The fraction of sp³-hybridized carbons (Fsp3) is 0.962. The molecule has 11 atom stereocenters. The molecule has 0 saturated carbocycles. The molecule has 0 aromatic rings. The average Bonchev–Trinajstić information content (AvgIpc) is 2.88. The number of esters is 1. The maximum Gasteiger partial charge on any atom is 0.302 e. The largest absolute Gasteiger partial charge is 0.463 e. The molecule has 2 heterocycles. The highest BCUT2D eigenvalue weighted by atomic mass is 16.8. The van der Waals surface area contributed by atoms with Gasteiger partial charge in [0.05, 0.1) is 12.7 Å². The Morgan fingerprint density at radius 2 is 1.37 bits per heavy atom. The van der Waals surface area contributed by atoms with E-state index in [9.17, 15) is 35.4 Å². The molecule has 0 aromatic heterocycles. The van der Waals surface area contributed by atoms with Gasteiger partial charge in [-0.1, -0.05) is 58.3 Å². The molecule has 38 heavy (non-hydrogen) atoms. The SMILES string of the molecule is CCCCCCCCCC[C@H](C)O[C@@H]1O[C@H](CO)[C@@H](O)[C@H](O)[C@H]1O[C@@H]1O[C@H](COC(C)=O)[C@@H](O)[C@H](O)[C@H]1O. The van der Waals surface area contributed by atoms with Gasteiger partial charge in [-0.25, -0.2) is 0 Å². The van der Waals surface area contributed by atoms with Gasteiger partial charge < -0.3 is 54.3 Å². The lowest BCUT2D eigenvalue weighted by Gasteiger charge is -2.46. The summed E-state index contributed by atoms with van der Waals surface area (Å²) in [5.41, 5.74) is 0. The smallest absolute Gasteiger partial charge is 0.302 e. The van der Waals surface area contributed by atoms with Gasteiger partial charge in [-0.3, -0.25) is 4.79 Å². The lowest BCUT2D eigenvalue weighted by Crippen LogP contribution is -2.65. The summed E-state index contributed by atoms with van der Waals surface area (Å²) in [6.07, 6.45) is -4.97. The van der Waals surface area contributed by atoms with E-state index in [4.69, 9.17) is 23.7 Å². The number of rotatable bonds is 16. The molecule has 0 unspecified atom stereocenters. The van der Waals surface area contributed by atoms with Gasteiger partial charge in [0.2, 0.25) is 0 Å². The molecule has 12 nitrogen and oxygen atoms in total. The Labute approximate surface area is 224 Å². The topological polar surface area (TPSA) is 185 Å². The predicted octanol–water partition coefficient (Wildman–Crippen LogP) is 0.117. The van der Waals surface area contributed by atoms with Crippen molar-refractivity contribution in [1.82, 2.24) is 0 Å². The highest BCUT2D eigenvalue weighted by Gasteiger charge is 2.51. The summed E-state index contributed by atoms with van der Waals surface area (Å²) in [5, 5.41) is 61.7. The average molecular weight is 553 g/mol. The van der Waals surface area contributed by atoms with Crippen LogP contribution in [0.2, 0.25) is 0 Å². The van der Waals surface area contributed by atoms with E-state index in [2.05, 4.69) is 6.92 Å². The Bertz CT molecular complexity index is 666. The Hall–Kier alpha value is -0.930. The normalized spacial score (nSPS) is 36.7. The number of carbonyl (C=O) groups excluding carboxylic acids is 1. The lowest BCUT2D eigenvalue weighted by atomic mass is 9.97. The van der Waals surface area contributed by atoms with Crippen molar-refractivity contribution in [2.75, 3.05) is 13.2 Å². The molecule has 2 saturated heterocycles. The summed E-state index contributed by atoms with van der Waals surface area (Å²) in [6.45, 7) is 4.22. The molecule has 0 radical (unpaired) electrons. The van der Waals surface area contributed by atoms with Gasteiger partial charge in [0.15, 0.2) is 12.6 Å². The number of ether oxygens (including phenoxy) is 5. The summed E-state index contributed by atoms with van der Waals surface area (Å²) >= 11 is 0. The van der Waals surface area contributed by atoms with E-state index < -0.39 is 80.6 Å². The first-order valence-corrected chi connectivity index (χ1v) is 13.9. The molecule has 0 aromatic carbocycles. The third-order valence-corrected chi connectivity index (χ3v) is 7.07. The molecule has 2 aliphatic rings. The van der Waals surface area contributed by atoms with Crippen LogP contribution in [0.15, 0.2) is 0 Å². The van der Waals surface area contributed by atoms with Crippen molar-refractivity contribution in [3.63, 3.8) is 0 Å². The molecule has 2 rings (SSSR count). The quantitative estimate of drug-likeness (QED) is 0.112. The van der Waals surface area contributed by atoms with Crippen molar-refractivity contribution in [2.45, 2.75) is 146 Å². The van der Waals surface area contributed by atoms with Gasteiger partial charge in [0.25, 0.3) is 0 Å². The van der Waals surface area contributed by atoms with Gasteiger partial charge >= 0.3 is 5.97 Å². The minimum absolute atomic E-state index is 0.311. The predicted molar refractivity (Wildman–Crippen MR) is 134 cm³/mol. The third kappa shape index (κ3) is 9.92. The molecule has 2 fully saturated rings. The van der Waals surface area contributed by atoms with Gasteiger partial charge in [0, 0.05) is 6.92 Å². The molecule has 0 spiro atoms. The number of aliphatic hydroxyl groups is 6. The third-order valence-electron chi connectivity index (χ3n) is 7.07. The Morgan fingerprint density at radius 3 is 1.97 bits per heavy atom. The second kappa shape index (κ2) is 17.0. The summed E-state index contributed by atoms with van der Waals surface area (Å²) in [5.74, 6) is -0.632. The Morgan fingerprint density at radius 1 is 0.789 bits per heavy atom. The second-order valence-electron chi connectivity index (χ2n) is 10.3. The van der Waals surface area contributed by atoms with Crippen molar-refractivity contribution >= 4 is 5.97 Å². The van der Waals surface area contributed by atoms with E-state index in [-0.39, 0.29) is 6.10 Å². The van der Waals surface area contributed by atoms with Gasteiger partial charge in [-0.05, 0) is 13.3 Å². The number of unbranched alkanes of at least 4 members (excludes halogenated alkanes) is 7. The van der Waals surface area contributed by atoms with Crippen LogP contribution in [0.3, 0.4) is 0 Å². The highest BCUT2D eigenvalue weighted by Crippen LogP contribution is 2.30. The summed E-state index contributed by atoms with van der Waals surface area (Å²) < 4.78 is 27.8. The minimum atomic E-state index is -1.73. The monoisotopic (exact) mass is 552 g/mol. The van der Waals surface area contributed by atoms with Crippen LogP contribution in [0, 0.1) is 0 Å². The zero-order valence-corrected chi connectivity index (χ0v) is 22.8. The molecule has 2 aliphatic heterocycles. The van der Waals surface area contributed by atoms with E-state index in [1.54, 1.807) is 0 Å². The van der Waals surface area contributed by atoms with Gasteiger partial charge in [-0.15, -0.1) is 0 Å². The first-order chi connectivity index (χ1) is 18.1. The lowest BCUT2D eigenvalue weighted by molar-refractivity contribution is -0.371. The van der Waals surface area contributed by atoms with E-state index in [0.29, 0.717) is 6.42 Å². The molecule has 0 bridgehead atoms. The van der Waals surface area contributed by atoms with Crippen molar-refractivity contribution < 1.29 is 59.1 Å². The molecule has 0 aliphatic carbocycles. The summed E-state index contributed by atoms with van der Waals surface area (Å²) in [7, 11) is 0. The van der Waals surface area contributed by atoms with Gasteiger partial charge in [-0.2, -0.15) is 0 Å². The van der Waals surface area contributed by atoms with E-state index in [1.165, 1.54) is 39.0 Å². The minimum Gasteiger partial charge on any atom is -0.463 e. The fourth-order valence-electron chi connectivity index (χ4n) is 4.69. The van der Waals surface area contributed by atoms with Crippen LogP contribution in [0.5, 0.6) is 0 Å². The Kier molecular flexibility index (Phi) is 14.9. The zero-order chi connectivity index (χ0) is 28.2. The van der Waals surface area contributed by atoms with Crippen LogP contribution in [0.1, 0.15) is 78.6 Å². The second-order valence-corrected chi connectivity index (χ2v) is 10.3. The molecule has 224 valence electrons. The van der Waals surface area contributed by atoms with Crippen molar-refractivity contribution in [3.05, 3.63) is 0 Å². The van der Waals surface area contributed by atoms with Crippen LogP contribution in [0.25, 0.3) is 0 Å². The molecule has 0 amide bonds. The number of hydrogen-bond donors (Lipinski definition) is 6. The van der Waals surface area contributed by atoms with E-state index in [1.807, 2.05) is 6.92 Å². The molecular formula is C26H48O12. The van der Waals surface area contributed by atoms with Crippen LogP contribution in [-0.2, 0) is 28.5 Å². The molecule has 12 heteroatoms. The Balaban J connectivity index is 1.99. The van der Waals surface area contributed by atoms with Gasteiger partial charge in [0.1, 0.15) is 55.4 Å². The summed E-state index contributed by atoms with van der Waals surface area (Å²) in [6, 6.07) is 0. The van der Waals surface area contributed by atoms with Crippen molar-refractivity contribution in [3.8, 4) is 0 Å². The fourth-order valence-corrected chi connectivity index (χ4v) is 4.69. The van der Waals surface area contributed by atoms with E-state index >= 15 is 0 Å². The number of hydrogen-bond acceptors (Lipinski definition) is 12. The van der Waals surface area contributed by atoms with Crippen LogP contribution < -0.4 is 0 Å². The first kappa shape index (κ1) is 33.3. The maximum absolute atomic E-state index is 11.2. The van der Waals surface area contributed by atoms with Crippen molar-refractivity contribution in [1.29, 1.82) is 0 Å². The van der Waals surface area contributed by atoms with Crippen LogP contribution in [0.4, 0.5) is 0 Å². The first-order valence-electron chi connectivity index (χ1n) is 13.9.